The van der Waals surface area contributed by atoms with Crippen molar-refractivity contribution in [3.8, 4) is 11.1 Å². The molecule has 1 aromatic heterocycles. The van der Waals surface area contributed by atoms with Gasteiger partial charge in [-0.25, -0.2) is 9.18 Å². The number of carbonyl (C=O) groups is 2. The second kappa shape index (κ2) is 10.0. The minimum atomic E-state index is -1.51. The van der Waals surface area contributed by atoms with Gasteiger partial charge >= 0.3 is 11.7 Å². The normalized spacial score (nSPS) is 13.8. The number of rotatable bonds is 9. The van der Waals surface area contributed by atoms with Crippen molar-refractivity contribution < 1.29 is 28.6 Å². The van der Waals surface area contributed by atoms with E-state index in [-0.39, 0.29) is 18.6 Å². The van der Waals surface area contributed by atoms with Crippen molar-refractivity contribution in [2.45, 2.75) is 25.8 Å². The predicted octanol–water partition coefficient (Wildman–Crippen LogP) is 3.24. The Morgan fingerprint density at radius 2 is 1.94 bits per heavy atom. The van der Waals surface area contributed by atoms with Gasteiger partial charge in [0.25, 0.3) is 5.91 Å². The summed E-state index contributed by atoms with van der Waals surface area (Å²) in [5.41, 5.74) is 0.146. The van der Waals surface area contributed by atoms with Crippen molar-refractivity contribution in [2.24, 2.45) is 5.41 Å². The van der Waals surface area contributed by atoms with Crippen LogP contribution in [0.2, 0.25) is 5.02 Å². The molecule has 33 heavy (non-hydrogen) atoms. The summed E-state index contributed by atoms with van der Waals surface area (Å²) in [4.78, 5) is 37.6. The van der Waals surface area contributed by atoms with Gasteiger partial charge in [-0.2, -0.15) is 0 Å². The predicted molar refractivity (Wildman–Crippen MR) is 119 cm³/mol. The summed E-state index contributed by atoms with van der Waals surface area (Å²) in [6.07, 6.45) is 1.22. The average molecular weight is 477 g/mol. The van der Waals surface area contributed by atoms with Gasteiger partial charge in [0.15, 0.2) is 0 Å². The van der Waals surface area contributed by atoms with Gasteiger partial charge in [-0.15, -0.1) is 0 Å². The average Bonchev–Trinajstić information content (AvgIpc) is 3.22. The van der Waals surface area contributed by atoms with Crippen LogP contribution in [0, 0.1) is 11.2 Å². The summed E-state index contributed by atoms with van der Waals surface area (Å²) in [5.74, 6) is -3.40. The number of hydrogen-bond acceptors (Lipinski definition) is 5. The third-order valence-electron chi connectivity index (χ3n) is 5.32. The summed E-state index contributed by atoms with van der Waals surface area (Å²) in [6, 6.07) is 10.4. The first-order chi connectivity index (χ1) is 15.6. The fraction of sp³-hybridized carbons (Fsp3) is 0.261. The quantitative estimate of drug-likeness (QED) is 0.375. The first-order valence-corrected chi connectivity index (χ1v) is 10.4. The number of aromatic nitrogens is 1. The fourth-order valence-electron chi connectivity index (χ4n) is 3.41. The van der Waals surface area contributed by atoms with Crippen molar-refractivity contribution in [3.63, 3.8) is 0 Å². The smallest absolute Gasteiger partial charge is 0.416 e. The Kier molecular flexibility index (Phi) is 7.35. The minimum absolute atomic E-state index is 0.0934. The number of carboxylic acids is 1. The van der Waals surface area contributed by atoms with E-state index in [0.717, 1.165) is 11.8 Å². The zero-order valence-electron chi connectivity index (χ0n) is 17.6. The lowest BCUT2D eigenvalue weighted by Crippen LogP contribution is -2.44. The van der Waals surface area contributed by atoms with Crippen LogP contribution in [0.25, 0.3) is 11.1 Å². The highest BCUT2D eigenvalue weighted by molar-refractivity contribution is 6.30. The number of halogens is 2. The van der Waals surface area contributed by atoms with Gasteiger partial charge in [0, 0.05) is 16.6 Å². The number of carboxylic acid groups (broad SMARTS) is 1. The number of benzene rings is 2. The zero-order chi connectivity index (χ0) is 24.2. The maximum atomic E-state index is 14.2. The Balaban J connectivity index is 1.84. The molecule has 2 atom stereocenters. The van der Waals surface area contributed by atoms with Crippen molar-refractivity contribution in [3.05, 3.63) is 81.4 Å². The van der Waals surface area contributed by atoms with E-state index >= 15 is 0 Å². The zero-order valence-corrected chi connectivity index (χ0v) is 18.4. The summed E-state index contributed by atoms with van der Waals surface area (Å²) in [5, 5.41) is 22.2. The molecule has 1 amide bonds. The minimum Gasteiger partial charge on any atom is -0.481 e. The molecule has 0 fully saturated rings. The molecule has 0 aliphatic rings. The van der Waals surface area contributed by atoms with Crippen LogP contribution in [-0.2, 0) is 11.2 Å². The highest BCUT2D eigenvalue weighted by atomic mass is 35.5. The molecule has 2 unspecified atom stereocenters. The summed E-state index contributed by atoms with van der Waals surface area (Å²) in [6.45, 7) is 0.733. The molecule has 0 aliphatic heterocycles. The van der Waals surface area contributed by atoms with E-state index in [4.69, 9.17) is 16.0 Å². The van der Waals surface area contributed by atoms with Crippen molar-refractivity contribution in [1.82, 2.24) is 10.3 Å². The number of aliphatic hydroxyl groups excluding tert-OH is 1. The Bertz CT molecular complexity index is 1210. The van der Waals surface area contributed by atoms with E-state index in [2.05, 4.69) is 10.3 Å². The Hall–Kier alpha value is -3.43. The number of carbonyl (C=O) groups excluding carboxylic acids is 1. The van der Waals surface area contributed by atoms with Gasteiger partial charge in [0.1, 0.15) is 5.82 Å². The van der Waals surface area contributed by atoms with Crippen LogP contribution in [0.3, 0.4) is 0 Å². The van der Waals surface area contributed by atoms with Gasteiger partial charge in [-0.3, -0.25) is 14.6 Å². The van der Waals surface area contributed by atoms with Crippen LogP contribution >= 0.6 is 11.6 Å². The second-order valence-corrected chi connectivity index (χ2v) is 8.40. The summed E-state index contributed by atoms with van der Waals surface area (Å²) in [7, 11) is 0. The van der Waals surface area contributed by atoms with Crippen molar-refractivity contribution in [1.29, 1.82) is 0 Å². The first kappa shape index (κ1) is 24.2. The number of oxazole rings is 1. The van der Waals surface area contributed by atoms with E-state index < -0.39 is 41.5 Å². The SMILES string of the molecule is CC(CO)(CC(Cc1ccc(-c2cc(Cl)ccc2F)cc1)NC(=O)c1c[nH]c(=O)o1)C(=O)O. The number of nitrogens with one attached hydrogen (secondary N) is 2. The standard InChI is InChI=1S/C23H22ClFN2O6/c1-23(12-28,21(30)31)10-16(27-20(29)19-11-26-22(32)33-19)8-13-2-4-14(5-3-13)17-9-15(24)6-7-18(17)25/h2-7,9,11,16,28H,8,10,12H2,1H3,(H,26,32)(H,27,29)(H,30,31). The van der Waals surface area contributed by atoms with Gasteiger partial charge in [0.2, 0.25) is 5.76 Å². The van der Waals surface area contributed by atoms with Gasteiger partial charge < -0.3 is 19.9 Å². The lowest BCUT2D eigenvalue weighted by atomic mass is 9.82. The third kappa shape index (κ3) is 5.88. The maximum absolute atomic E-state index is 14.2. The number of H-pyrrole nitrogens is 1. The molecule has 10 heteroatoms. The molecule has 4 N–H and O–H groups in total. The number of amides is 1. The molecule has 0 aliphatic carbocycles. The molecular weight excluding hydrogens is 455 g/mol. The molecule has 0 spiro atoms. The van der Waals surface area contributed by atoms with Crippen LogP contribution in [0.5, 0.6) is 0 Å². The molecule has 0 saturated carbocycles. The molecule has 2 aromatic carbocycles. The molecule has 0 bridgehead atoms. The molecule has 3 rings (SSSR count). The molecule has 0 radical (unpaired) electrons. The van der Waals surface area contributed by atoms with E-state index in [9.17, 15) is 29.0 Å². The van der Waals surface area contributed by atoms with E-state index in [0.29, 0.717) is 16.1 Å². The van der Waals surface area contributed by atoms with Crippen LogP contribution in [-0.4, -0.2) is 39.7 Å². The van der Waals surface area contributed by atoms with E-state index in [1.807, 2.05) is 0 Å². The third-order valence-corrected chi connectivity index (χ3v) is 5.56. The lowest BCUT2D eigenvalue weighted by molar-refractivity contribution is -0.151. The lowest BCUT2D eigenvalue weighted by Gasteiger charge is -2.28. The number of hydrogen-bond donors (Lipinski definition) is 4. The van der Waals surface area contributed by atoms with Gasteiger partial charge in [-0.1, -0.05) is 35.9 Å². The highest BCUT2D eigenvalue weighted by Gasteiger charge is 2.36. The van der Waals surface area contributed by atoms with Gasteiger partial charge in [0.05, 0.1) is 18.2 Å². The van der Waals surface area contributed by atoms with Crippen LogP contribution < -0.4 is 11.1 Å². The van der Waals surface area contributed by atoms with Crippen LogP contribution in [0.1, 0.15) is 29.5 Å². The fourth-order valence-corrected chi connectivity index (χ4v) is 3.58. The molecule has 174 valence electrons. The number of aromatic amines is 1. The number of aliphatic carboxylic acids is 1. The van der Waals surface area contributed by atoms with Crippen molar-refractivity contribution in [2.75, 3.05) is 6.61 Å². The molecule has 3 aromatic rings. The van der Waals surface area contributed by atoms with E-state index in [1.54, 1.807) is 24.3 Å². The van der Waals surface area contributed by atoms with Gasteiger partial charge in [-0.05, 0) is 49.1 Å². The summed E-state index contributed by atoms with van der Waals surface area (Å²) >= 11 is 5.96. The van der Waals surface area contributed by atoms with Crippen molar-refractivity contribution >= 4 is 23.5 Å². The largest absolute Gasteiger partial charge is 0.481 e. The second-order valence-electron chi connectivity index (χ2n) is 7.97. The molecular formula is C23H22ClFN2O6. The molecule has 1 heterocycles. The highest BCUT2D eigenvalue weighted by Crippen LogP contribution is 2.28. The van der Waals surface area contributed by atoms with E-state index in [1.165, 1.54) is 25.1 Å². The number of aliphatic hydroxyl groups is 1. The first-order valence-electron chi connectivity index (χ1n) is 9.99. The maximum Gasteiger partial charge on any atom is 0.416 e. The Morgan fingerprint density at radius 3 is 2.52 bits per heavy atom. The van der Waals surface area contributed by atoms with Crippen LogP contribution in [0.4, 0.5) is 4.39 Å². The summed E-state index contributed by atoms with van der Waals surface area (Å²) < 4.78 is 18.9. The Labute approximate surface area is 193 Å². The monoisotopic (exact) mass is 476 g/mol. The Morgan fingerprint density at radius 1 is 1.24 bits per heavy atom. The molecule has 0 saturated heterocycles. The molecule has 8 nitrogen and oxygen atoms in total. The van der Waals surface area contributed by atoms with Crippen LogP contribution in [0.15, 0.2) is 57.9 Å². The topological polar surface area (TPSA) is 133 Å².